The lowest BCUT2D eigenvalue weighted by atomic mass is 10.3. The predicted molar refractivity (Wildman–Crippen MR) is 83.6 cm³/mol. The number of carbonyl (C=O) groups is 1. The topological polar surface area (TPSA) is 75.7 Å². The van der Waals surface area contributed by atoms with Crippen molar-refractivity contribution in [3.05, 3.63) is 23.2 Å². The Hall–Kier alpha value is -1.31. The van der Waals surface area contributed by atoms with Gasteiger partial charge in [-0.3, -0.25) is 4.79 Å². The highest BCUT2D eigenvalue weighted by Crippen LogP contribution is 2.27. The molecule has 1 saturated heterocycles. The van der Waals surface area contributed by atoms with Gasteiger partial charge in [-0.2, -0.15) is 4.72 Å². The molecular weight excluding hydrogens is 328 g/mol. The summed E-state index contributed by atoms with van der Waals surface area (Å²) < 4.78 is 32.4. The minimum atomic E-state index is -3.91. The largest absolute Gasteiger partial charge is 0.495 e. The molecule has 22 heavy (non-hydrogen) atoms. The Morgan fingerprint density at radius 1 is 1.36 bits per heavy atom. The maximum Gasteiger partial charge on any atom is 0.245 e. The van der Waals surface area contributed by atoms with Crippen molar-refractivity contribution in [1.29, 1.82) is 0 Å². The number of methoxy groups -OCH3 is 1. The molecule has 8 heteroatoms. The Labute approximate surface area is 135 Å². The third-order valence-electron chi connectivity index (χ3n) is 3.54. The van der Waals surface area contributed by atoms with Gasteiger partial charge in [0.15, 0.2) is 0 Å². The van der Waals surface area contributed by atoms with E-state index in [0.717, 1.165) is 12.8 Å². The highest BCUT2D eigenvalue weighted by Gasteiger charge is 2.29. The van der Waals surface area contributed by atoms with Gasteiger partial charge in [-0.05, 0) is 38.0 Å². The van der Waals surface area contributed by atoms with E-state index < -0.39 is 16.1 Å². The van der Waals surface area contributed by atoms with Gasteiger partial charge < -0.3 is 9.64 Å². The van der Waals surface area contributed by atoms with Gasteiger partial charge in [0.2, 0.25) is 15.9 Å². The second-order valence-corrected chi connectivity index (χ2v) is 7.29. The van der Waals surface area contributed by atoms with Gasteiger partial charge in [0.05, 0.1) is 13.2 Å². The molecule has 0 bridgehead atoms. The second-order valence-electron chi connectivity index (χ2n) is 5.17. The van der Waals surface area contributed by atoms with Crippen molar-refractivity contribution in [1.82, 2.24) is 9.62 Å². The highest BCUT2D eigenvalue weighted by molar-refractivity contribution is 7.89. The highest BCUT2D eigenvalue weighted by atomic mass is 35.5. The van der Waals surface area contributed by atoms with Crippen LogP contribution in [0, 0.1) is 0 Å². The number of hydrogen-bond donors (Lipinski definition) is 1. The van der Waals surface area contributed by atoms with E-state index in [1.807, 2.05) is 0 Å². The lowest BCUT2D eigenvalue weighted by molar-refractivity contribution is -0.131. The molecular formula is C14H19ClN2O4S. The number of sulfonamides is 1. The number of amides is 1. The second kappa shape index (κ2) is 6.85. The summed E-state index contributed by atoms with van der Waals surface area (Å²) in [5.74, 6) is -0.0419. The molecule has 0 radical (unpaired) electrons. The molecule has 1 atom stereocenters. The van der Waals surface area contributed by atoms with Gasteiger partial charge in [-0.15, -0.1) is 0 Å². The van der Waals surface area contributed by atoms with E-state index in [2.05, 4.69) is 4.72 Å². The molecule has 0 aliphatic carbocycles. The number of carbonyl (C=O) groups excluding carboxylic acids is 1. The lowest BCUT2D eigenvalue weighted by Crippen LogP contribution is -2.45. The minimum absolute atomic E-state index is 0.0800. The summed E-state index contributed by atoms with van der Waals surface area (Å²) in [5.41, 5.74) is 0. The molecule has 1 heterocycles. The average Bonchev–Trinajstić information content (AvgIpc) is 3.00. The predicted octanol–water partition coefficient (Wildman–Crippen LogP) is 1.64. The van der Waals surface area contributed by atoms with Gasteiger partial charge in [0, 0.05) is 18.1 Å². The molecule has 1 aliphatic heterocycles. The molecule has 0 saturated carbocycles. The summed E-state index contributed by atoms with van der Waals surface area (Å²) in [6.07, 6.45) is 1.90. The molecule has 1 aliphatic rings. The summed E-state index contributed by atoms with van der Waals surface area (Å²) in [7, 11) is -2.53. The Balaban J connectivity index is 2.20. The third-order valence-corrected chi connectivity index (χ3v) is 5.33. The zero-order valence-electron chi connectivity index (χ0n) is 12.5. The van der Waals surface area contributed by atoms with E-state index in [1.54, 1.807) is 4.90 Å². The van der Waals surface area contributed by atoms with Crippen LogP contribution in [0.25, 0.3) is 0 Å². The molecule has 1 aromatic carbocycles. The number of likely N-dealkylation sites (tertiary alicyclic amines) is 1. The molecule has 0 unspecified atom stereocenters. The van der Waals surface area contributed by atoms with Crippen molar-refractivity contribution in [2.45, 2.75) is 30.7 Å². The van der Waals surface area contributed by atoms with Gasteiger partial charge in [-0.1, -0.05) is 11.6 Å². The fraction of sp³-hybridized carbons (Fsp3) is 0.500. The van der Waals surface area contributed by atoms with Gasteiger partial charge in [-0.25, -0.2) is 8.42 Å². The van der Waals surface area contributed by atoms with Crippen LogP contribution in [0.2, 0.25) is 5.02 Å². The Morgan fingerprint density at radius 2 is 2.00 bits per heavy atom. The molecule has 1 N–H and O–H groups in total. The van der Waals surface area contributed by atoms with Crippen LogP contribution in [0.4, 0.5) is 0 Å². The zero-order valence-corrected chi connectivity index (χ0v) is 14.1. The number of ether oxygens (including phenoxy) is 1. The van der Waals surface area contributed by atoms with Crippen LogP contribution >= 0.6 is 11.6 Å². The minimum Gasteiger partial charge on any atom is -0.495 e. The van der Waals surface area contributed by atoms with Gasteiger partial charge in [0.25, 0.3) is 0 Å². The first-order chi connectivity index (χ1) is 10.3. The standard InChI is InChI=1S/C14H19ClN2O4S/c1-10(14(18)17-7-3-4-8-17)16-22(19,20)13-9-11(15)5-6-12(13)21-2/h5-6,9-10,16H,3-4,7-8H2,1-2H3/t10-/m1/s1. The van der Waals surface area contributed by atoms with Crippen LogP contribution in [-0.4, -0.2) is 45.5 Å². The molecule has 122 valence electrons. The summed E-state index contributed by atoms with van der Waals surface area (Å²) in [6, 6.07) is 3.48. The van der Waals surface area contributed by atoms with Crippen molar-refractivity contribution in [3.63, 3.8) is 0 Å². The summed E-state index contributed by atoms with van der Waals surface area (Å²) in [6.45, 7) is 2.88. The van der Waals surface area contributed by atoms with E-state index in [9.17, 15) is 13.2 Å². The Kier molecular flexibility index (Phi) is 5.31. The van der Waals surface area contributed by atoms with E-state index in [1.165, 1.54) is 32.2 Å². The van der Waals surface area contributed by atoms with Gasteiger partial charge >= 0.3 is 0 Å². The Bertz CT molecular complexity index is 657. The van der Waals surface area contributed by atoms with Crippen molar-refractivity contribution < 1.29 is 17.9 Å². The number of halogens is 1. The smallest absolute Gasteiger partial charge is 0.245 e. The SMILES string of the molecule is COc1ccc(Cl)cc1S(=O)(=O)N[C@H](C)C(=O)N1CCCC1. The number of rotatable bonds is 5. The van der Waals surface area contributed by atoms with Crippen molar-refractivity contribution >= 4 is 27.5 Å². The summed E-state index contributed by atoms with van der Waals surface area (Å²) >= 11 is 5.86. The van der Waals surface area contributed by atoms with Crippen molar-refractivity contribution in [3.8, 4) is 5.75 Å². The number of nitrogens with one attached hydrogen (secondary N) is 1. The van der Waals surface area contributed by atoms with E-state index in [4.69, 9.17) is 16.3 Å². The monoisotopic (exact) mass is 346 g/mol. The first-order valence-electron chi connectivity index (χ1n) is 7.00. The molecule has 1 fully saturated rings. The first-order valence-corrected chi connectivity index (χ1v) is 8.86. The number of benzene rings is 1. The van der Waals surface area contributed by atoms with E-state index in [-0.39, 0.29) is 21.6 Å². The maximum absolute atomic E-state index is 12.5. The average molecular weight is 347 g/mol. The zero-order chi connectivity index (χ0) is 16.3. The van der Waals surface area contributed by atoms with Crippen LogP contribution in [-0.2, 0) is 14.8 Å². The number of hydrogen-bond acceptors (Lipinski definition) is 4. The first kappa shape index (κ1) is 17.1. The quantitative estimate of drug-likeness (QED) is 0.879. The van der Waals surface area contributed by atoms with Crippen molar-refractivity contribution in [2.24, 2.45) is 0 Å². The van der Waals surface area contributed by atoms with Crippen LogP contribution in [0.1, 0.15) is 19.8 Å². The lowest BCUT2D eigenvalue weighted by Gasteiger charge is -2.21. The fourth-order valence-electron chi connectivity index (χ4n) is 2.42. The normalized spacial score (nSPS) is 16.6. The third kappa shape index (κ3) is 3.71. The van der Waals surface area contributed by atoms with Gasteiger partial charge in [0.1, 0.15) is 10.6 Å². The fourth-order valence-corrected chi connectivity index (χ4v) is 4.05. The van der Waals surface area contributed by atoms with Crippen LogP contribution < -0.4 is 9.46 Å². The maximum atomic E-state index is 12.5. The van der Waals surface area contributed by atoms with Crippen LogP contribution in [0.5, 0.6) is 5.75 Å². The number of nitrogens with zero attached hydrogens (tertiary/aromatic N) is 1. The summed E-state index contributed by atoms with van der Waals surface area (Å²) in [5, 5.41) is 0.277. The van der Waals surface area contributed by atoms with Crippen LogP contribution in [0.3, 0.4) is 0 Å². The molecule has 1 aromatic rings. The molecule has 6 nitrogen and oxygen atoms in total. The molecule has 0 spiro atoms. The Morgan fingerprint density at radius 3 is 2.59 bits per heavy atom. The molecule has 2 rings (SSSR count). The van der Waals surface area contributed by atoms with Crippen molar-refractivity contribution in [2.75, 3.05) is 20.2 Å². The van der Waals surface area contributed by atoms with Crippen LogP contribution in [0.15, 0.2) is 23.1 Å². The summed E-state index contributed by atoms with van der Waals surface area (Å²) in [4.78, 5) is 13.8. The molecule has 0 aromatic heterocycles. The van der Waals surface area contributed by atoms with E-state index >= 15 is 0 Å². The molecule has 1 amide bonds. The van der Waals surface area contributed by atoms with E-state index in [0.29, 0.717) is 13.1 Å².